The highest BCUT2D eigenvalue weighted by molar-refractivity contribution is 6.01. The second-order valence-electron chi connectivity index (χ2n) is 18.3. The van der Waals surface area contributed by atoms with Gasteiger partial charge in [-0.05, 0) is 99.0 Å². The minimum Gasteiger partial charge on any atom is -0.386 e. The van der Waals surface area contributed by atoms with Crippen LogP contribution >= 0.6 is 0 Å². The first-order valence-corrected chi connectivity index (χ1v) is 23.2. The molecule has 3 amide bonds. The highest BCUT2D eigenvalue weighted by atomic mass is 19.1. The Labute approximate surface area is 387 Å². The third kappa shape index (κ3) is 9.31. The number of nitrogens with zero attached hydrogens (tertiary/aromatic N) is 7. The van der Waals surface area contributed by atoms with E-state index in [1.165, 1.54) is 29.0 Å². The largest absolute Gasteiger partial charge is 0.386 e. The number of piperazine rings is 1. The van der Waals surface area contributed by atoms with E-state index in [1.807, 2.05) is 40.5 Å². The van der Waals surface area contributed by atoms with Gasteiger partial charge in [0.15, 0.2) is 5.82 Å². The number of pyridine rings is 2. The molecule has 17 heteroatoms. The van der Waals surface area contributed by atoms with Gasteiger partial charge < -0.3 is 25.0 Å². The molecule has 7 heterocycles. The number of aromatic nitrogens is 3. The molecule has 67 heavy (non-hydrogen) atoms. The van der Waals surface area contributed by atoms with Crippen LogP contribution in [-0.2, 0) is 16.6 Å². The number of imide groups is 1. The lowest BCUT2D eigenvalue weighted by Gasteiger charge is -2.39. The third-order valence-electron chi connectivity index (χ3n) is 14.2. The molecule has 9 rings (SSSR count). The van der Waals surface area contributed by atoms with Crippen LogP contribution in [0.3, 0.4) is 0 Å². The number of amides is 3. The normalized spacial score (nSPS) is 19.4. The minimum absolute atomic E-state index is 0.0505. The average molecular weight is 919 g/mol. The van der Waals surface area contributed by atoms with Gasteiger partial charge in [-0.15, -0.1) is 0 Å². The molecule has 0 radical (unpaired) electrons. The van der Waals surface area contributed by atoms with Crippen LogP contribution < -0.4 is 26.4 Å². The molecular formula is C50H57F3N10O4. The van der Waals surface area contributed by atoms with Crippen LogP contribution in [0, 0.1) is 30.3 Å². The highest BCUT2D eigenvalue weighted by Crippen LogP contribution is 2.35. The number of hydrogen-bond acceptors (Lipinski definition) is 10. The van der Waals surface area contributed by atoms with Crippen molar-refractivity contribution < 1.29 is 27.6 Å². The standard InChI is InChI=1S/C50H57F3N10O4/c1-30-23-34(50(67)62-15-10-32(11-16-62)28-59-19-21-61(22-20-59)43-7-5-35(25-37(43)51)56-40-6-8-45(64)57-49(40)66)24-38(52)47(30)33-12-17-60(18-13-33)31(2)44-26-36-42(9-14-55-48(36)58(44)4)63-29-39(53)41(54-3)27-46(63)65/h5,7,9,12,14,23-27,29,31-32,40,54,56H,6,8,10-11,13,15-22,28H2,1-4H3,(H,57,64,66)/t31-,40?/m0/s1. The summed E-state index contributed by atoms with van der Waals surface area (Å²) in [6.45, 7) is 10.3. The molecule has 4 aliphatic rings. The third-order valence-corrected chi connectivity index (χ3v) is 14.2. The monoisotopic (exact) mass is 918 g/mol. The summed E-state index contributed by atoms with van der Waals surface area (Å²) in [6, 6.07) is 12.4. The number of hydrogen-bond donors (Lipinski definition) is 3. The van der Waals surface area contributed by atoms with Gasteiger partial charge in [0.2, 0.25) is 11.8 Å². The second-order valence-corrected chi connectivity index (χ2v) is 18.3. The lowest BCUT2D eigenvalue weighted by atomic mass is 9.92. The molecule has 3 N–H and O–H groups in total. The summed E-state index contributed by atoms with van der Waals surface area (Å²) in [6.07, 6.45) is 7.81. The Morgan fingerprint density at radius 1 is 0.881 bits per heavy atom. The zero-order valence-corrected chi connectivity index (χ0v) is 38.4. The van der Waals surface area contributed by atoms with Crippen molar-refractivity contribution in [2.24, 2.45) is 13.0 Å². The smallest absolute Gasteiger partial charge is 0.257 e. The van der Waals surface area contributed by atoms with Crippen LogP contribution in [0.2, 0.25) is 0 Å². The van der Waals surface area contributed by atoms with Crippen molar-refractivity contribution in [2.45, 2.75) is 58.0 Å². The van der Waals surface area contributed by atoms with Crippen LogP contribution in [0.15, 0.2) is 71.8 Å². The summed E-state index contributed by atoms with van der Waals surface area (Å²) in [5.74, 6) is -1.73. The summed E-state index contributed by atoms with van der Waals surface area (Å²) < 4.78 is 49.4. The average Bonchev–Trinajstić information content (AvgIpc) is 3.66. The number of nitrogens with one attached hydrogen (secondary N) is 3. The predicted octanol–water partition coefficient (Wildman–Crippen LogP) is 6.23. The Morgan fingerprint density at radius 2 is 1.66 bits per heavy atom. The molecule has 4 aliphatic heterocycles. The van der Waals surface area contributed by atoms with Crippen molar-refractivity contribution in [1.29, 1.82) is 0 Å². The summed E-state index contributed by atoms with van der Waals surface area (Å²) in [7, 11) is 3.50. The Morgan fingerprint density at radius 3 is 2.34 bits per heavy atom. The molecule has 352 valence electrons. The number of anilines is 3. The van der Waals surface area contributed by atoms with E-state index in [-0.39, 0.29) is 41.3 Å². The molecule has 0 bridgehead atoms. The highest BCUT2D eigenvalue weighted by Gasteiger charge is 2.31. The van der Waals surface area contributed by atoms with Crippen molar-refractivity contribution in [3.05, 3.63) is 117 Å². The maximum Gasteiger partial charge on any atom is 0.257 e. The molecule has 3 aromatic heterocycles. The van der Waals surface area contributed by atoms with E-state index in [2.05, 4.69) is 43.7 Å². The van der Waals surface area contributed by atoms with Crippen LogP contribution in [0.5, 0.6) is 0 Å². The second kappa shape index (κ2) is 19.0. The number of fused-ring (bicyclic) bond motifs is 1. The zero-order valence-electron chi connectivity index (χ0n) is 38.4. The van der Waals surface area contributed by atoms with Crippen molar-refractivity contribution in [2.75, 3.05) is 81.5 Å². The summed E-state index contributed by atoms with van der Waals surface area (Å²) in [5.41, 5.74) is 5.51. The van der Waals surface area contributed by atoms with Crippen molar-refractivity contribution in [3.8, 4) is 5.69 Å². The molecule has 1 unspecified atom stereocenters. The first kappa shape index (κ1) is 45.7. The molecule has 2 atom stereocenters. The lowest BCUT2D eigenvalue weighted by Crippen LogP contribution is -2.49. The van der Waals surface area contributed by atoms with E-state index in [0.29, 0.717) is 91.9 Å². The van der Waals surface area contributed by atoms with Gasteiger partial charge in [-0.25, -0.2) is 18.2 Å². The number of carbonyl (C=O) groups excluding carboxylic acids is 3. The minimum atomic E-state index is -0.578. The SMILES string of the molecule is CNc1cc(=O)n(-c2ccnc3c2cc([C@H](C)N2CC=C(c4c(C)cc(C(=O)N5CCC(CN6CCN(c7ccc(NC8CCC(=O)NC8=O)cc7F)CC6)CC5)cc4F)CC2)n3C)cc1F. The van der Waals surface area contributed by atoms with Crippen LogP contribution in [0.1, 0.15) is 72.2 Å². The Kier molecular flexibility index (Phi) is 13.0. The summed E-state index contributed by atoms with van der Waals surface area (Å²) in [4.78, 5) is 63.5. The van der Waals surface area contributed by atoms with Gasteiger partial charge in [-0.1, -0.05) is 6.08 Å². The summed E-state index contributed by atoms with van der Waals surface area (Å²) in [5, 5.41) is 8.79. The maximum atomic E-state index is 16.1. The number of aryl methyl sites for hydroxylation is 2. The summed E-state index contributed by atoms with van der Waals surface area (Å²) >= 11 is 0. The Hall–Kier alpha value is -6.46. The van der Waals surface area contributed by atoms with Gasteiger partial charge in [0.1, 0.15) is 23.3 Å². The van der Waals surface area contributed by atoms with Crippen molar-refractivity contribution in [1.82, 2.24) is 34.1 Å². The number of halogens is 3. The van der Waals surface area contributed by atoms with Gasteiger partial charge in [0, 0.05) is 126 Å². The molecule has 3 fully saturated rings. The van der Waals surface area contributed by atoms with Crippen molar-refractivity contribution >= 4 is 51.4 Å². The fourth-order valence-corrected chi connectivity index (χ4v) is 10.4. The molecule has 2 aromatic carbocycles. The first-order valence-electron chi connectivity index (χ1n) is 23.2. The van der Waals surface area contributed by atoms with Gasteiger partial charge >= 0.3 is 0 Å². The molecule has 14 nitrogen and oxygen atoms in total. The number of piperidine rings is 2. The van der Waals surface area contributed by atoms with Crippen LogP contribution in [0.4, 0.5) is 30.2 Å². The van der Waals surface area contributed by atoms with Crippen LogP contribution in [0.25, 0.3) is 22.3 Å². The molecule has 0 saturated carbocycles. The zero-order chi connectivity index (χ0) is 47.1. The van der Waals surface area contributed by atoms with Crippen molar-refractivity contribution in [3.63, 3.8) is 0 Å². The fraction of sp³-hybridized carbons (Fsp3) is 0.420. The predicted molar refractivity (Wildman–Crippen MR) is 253 cm³/mol. The fourth-order valence-electron chi connectivity index (χ4n) is 10.4. The molecule has 0 spiro atoms. The van der Waals surface area contributed by atoms with E-state index in [4.69, 9.17) is 0 Å². The topological polar surface area (TPSA) is 140 Å². The maximum absolute atomic E-state index is 16.1. The number of benzene rings is 2. The number of rotatable bonds is 11. The molecule has 5 aromatic rings. The first-order chi connectivity index (χ1) is 32.3. The number of carbonyl (C=O) groups is 3. The van der Waals surface area contributed by atoms with E-state index in [9.17, 15) is 23.6 Å². The molecule has 0 aliphatic carbocycles. The van der Waals surface area contributed by atoms with Gasteiger partial charge in [-0.3, -0.25) is 38.9 Å². The molecule has 3 saturated heterocycles. The van der Waals surface area contributed by atoms with Gasteiger partial charge in [0.25, 0.3) is 11.5 Å². The lowest BCUT2D eigenvalue weighted by molar-refractivity contribution is -0.133. The Bertz CT molecular complexity index is 2800. The van der Waals surface area contributed by atoms with E-state index in [0.717, 1.165) is 54.7 Å². The molecular weight excluding hydrogens is 862 g/mol. The van der Waals surface area contributed by atoms with E-state index >= 15 is 8.78 Å². The Balaban J connectivity index is 0.769. The quantitative estimate of drug-likeness (QED) is 0.131. The van der Waals surface area contributed by atoms with Gasteiger partial charge in [0.05, 0.1) is 23.3 Å². The van der Waals surface area contributed by atoms with E-state index in [1.54, 1.807) is 31.4 Å². The number of likely N-dealkylation sites (tertiary alicyclic amines) is 1. The van der Waals surface area contributed by atoms with Crippen LogP contribution in [-0.4, -0.2) is 119 Å². The van der Waals surface area contributed by atoms with E-state index < -0.39 is 23.6 Å². The van der Waals surface area contributed by atoms with Gasteiger partial charge in [-0.2, -0.15) is 0 Å².